The molecule has 2 aromatic carbocycles. The number of methoxy groups -OCH3 is 1. The van der Waals surface area contributed by atoms with Gasteiger partial charge in [0, 0.05) is 29.6 Å². The minimum Gasteiger partial charge on any atom is -0.383 e. The van der Waals surface area contributed by atoms with Crippen molar-refractivity contribution in [2.45, 2.75) is 17.5 Å². The largest absolute Gasteiger partial charge is 0.383 e. The van der Waals surface area contributed by atoms with E-state index >= 15 is 0 Å². The molecule has 3 aromatic heterocycles. The number of thiophene rings is 1. The first-order valence-electron chi connectivity index (χ1n) is 9.97. The van der Waals surface area contributed by atoms with Crippen molar-refractivity contribution in [1.29, 1.82) is 0 Å². The summed E-state index contributed by atoms with van der Waals surface area (Å²) in [5, 5.41) is 4.11. The second kappa shape index (κ2) is 9.07. The summed E-state index contributed by atoms with van der Waals surface area (Å²) in [5.41, 5.74) is 3.64. The highest BCUT2D eigenvalue weighted by molar-refractivity contribution is 7.98. The van der Waals surface area contributed by atoms with Crippen LogP contribution in [0.3, 0.4) is 0 Å². The van der Waals surface area contributed by atoms with Gasteiger partial charge in [0.15, 0.2) is 5.16 Å². The van der Waals surface area contributed by atoms with Crippen molar-refractivity contribution in [2.75, 3.05) is 13.7 Å². The van der Waals surface area contributed by atoms with Gasteiger partial charge in [-0.3, -0.25) is 4.79 Å². The van der Waals surface area contributed by atoms with E-state index in [9.17, 15) is 4.79 Å². The van der Waals surface area contributed by atoms with Crippen LogP contribution in [0.15, 0.2) is 63.9 Å². The van der Waals surface area contributed by atoms with Gasteiger partial charge < -0.3 is 14.3 Å². The van der Waals surface area contributed by atoms with E-state index in [0.29, 0.717) is 35.1 Å². The highest BCUT2D eigenvalue weighted by Gasteiger charge is 2.15. The summed E-state index contributed by atoms with van der Waals surface area (Å²) in [4.78, 5) is 26.1. The summed E-state index contributed by atoms with van der Waals surface area (Å²) in [6.45, 7) is 1.24. The Morgan fingerprint density at radius 3 is 2.84 bits per heavy atom. The van der Waals surface area contributed by atoms with Gasteiger partial charge in [0.25, 0.3) is 5.56 Å². The van der Waals surface area contributed by atoms with Crippen LogP contribution in [0.5, 0.6) is 0 Å². The predicted molar refractivity (Wildman–Crippen MR) is 132 cm³/mol. The summed E-state index contributed by atoms with van der Waals surface area (Å²) in [6, 6.07) is 15.6. The van der Waals surface area contributed by atoms with Crippen LogP contribution < -0.4 is 5.56 Å². The number of hydrogen-bond acceptors (Lipinski definition) is 6. The molecule has 0 saturated carbocycles. The number of nitrogens with zero attached hydrogens (tertiary/aromatic N) is 3. The van der Waals surface area contributed by atoms with Crippen LogP contribution in [0, 0.1) is 0 Å². The van der Waals surface area contributed by atoms with Crippen molar-refractivity contribution in [1.82, 2.24) is 19.5 Å². The Bertz CT molecular complexity index is 1460. The number of imidazole rings is 1. The quantitative estimate of drug-likeness (QED) is 0.306. The fourth-order valence-electron chi connectivity index (χ4n) is 3.61. The molecule has 5 rings (SSSR count). The Morgan fingerprint density at radius 2 is 2.03 bits per heavy atom. The second-order valence-electron chi connectivity index (χ2n) is 7.17. The molecule has 0 aliphatic carbocycles. The smallest absolute Gasteiger partial charge is 0.260 e. The average Bonchev–Trinajstić information content (AvgIpc) is 3.38. The summed E-state index contributed by atoms with van der Waals surface area (Å²) in [5.74, 6) is 1.12. The molecule has 6 nitrogen and oxygen atoms in total. The zero-order valence-electron chi connectivity index (χ0n) is 17.2. The maximum atomic E-state index is 12.9. The number of ether oxygens (including phenoxy) is 1. The third kappa shape index (κ3) is 4.06. The van der Waals surface area contributed by atoms with Gasteiger partial charge in [0.1, 0.15) is 10.7 Å². The van der Waals surface area contributed by atoms with E-state index < -0.39 is 0 Å². The van der Waals surface area contributed by atoms with Crippen molar-refractivity contribution in [2.24, 2.45) is 0 Å². The number of nitrogens with one attached hydrogen (secondary N) is 1. The summed E-state index contributed by atoms with van der Waals surface area (Å²) >= 11 is 9.16. The first-order chi connectivity index (χ1) is 15.6. The molecule has 0 unspecified atom stereocenters. The Morgan fingerprint density at radius 1 is 1.19 bits per heavy atom. The van der Waals surface area contributed by atoms with Crippen molar-refractivity contribution >= 4 is 55.9 Å². The third-order valence-electron chi connectivity index (χ3n) is 5.11. The predicted octanol–water partition coefficient (Wildman–Crippen LogP) is 5.59. The molecule has 0 atom stereocenters. The maximum Gasteiger partial charge on any atom is 0.260 e. The zero-order valence-corrected chi connectivity index (χ0v) is 19.6. The molecule has 32 heavy (non-hydrogen) atoms. The van der Waals surface area contributed by atoms with Gasteiger partial charge in [-0.05, 0) is 23.8 Å². The fraction of sp³-hybridized carbons (Fsp3) is 0.174. The highest BCUT2D eigenvalue weighted by atomic mass is 35.5. The fourth-order valence-corrected chi connectivity index (χ4v) is 5.66. The molecule has 0 aliphatic rings. The van der Waals surface area contributed by atoms with E-state index in [1.807, 2.05) is 53.9 Å². The highest BCUT2D eigenvalue weighted by Crippen LogP contribution is 2.32. The standard InChI is InChI=1S/C23H19ClN4O2S2/c1-30-10-9-28-18-8-7-15(24)11-17(18)25-23(28)32-13-19-26-21(29)20-16(12-31-22(20)27-19)14-5-3-2-4-6-14/h2-8,11-12H,9-10,13H2,1H3,(H,26,27,29). The molecular weight excluding hydrogens is 464 g/mol. The molecule has 3 heterocycles. The van der Waals surface area contributed by atoms with Crippen LogP contribution in [0.25, 0.3) is 32.4 Å². The van der Waals surface area contributed by atoms with E-state index in [1.54, 1.807) is 7.11 Å². The van der Waals surface area contributed by atoms with Crippen LogP contribution in [-0.2, 0) is 17.0 Å². The Labute approximate surface area is 197 Å². The third-order valence-corrected chi connectivity index (χ3v) is 7.21. The van der Waals surface area contributed by atoms with E-state index in [2.05, 4.69) is 9.55 Å². The number of benzene rings is 2. The molecule has 0 spiro atoms. The molecule has 0 bridgehead atoms. The monoisotopic (exact) mass is 482 g/mol. The Kier molecular flexibility index (Phi) is 6.01. The molecule has 0 aliphatic heterocycles. The second-order valence-corrected chi connectivity index (χ2v) is 9.41. The molecule has 162 valence electrons. The van der Waals surface area contributed by atoms with Crippen molar-refractivity contribution in [3.63, 3.8) is 0 Å². The van der Waals surface area contributed by atoms with Gasteiger partial charge in [-0.25, -0.2) is 9.97 Å². The number of H-pyrrole nitrogens is 1. The number of halogens is 1. The van der Waals surface area contributed by atoms with Crippen molar-refractivity contribution < 1.29 is 4.74 Å². The summed E-state index contributed by atoms with van der Waals surface area (Å²) in [6.07, 6.45) is 0. The molecule has 0 saturated heterocycles. The summed E-state index contributed by atoms with van der Waals surface area (Å²) < 4.78 is 7.37. The molecule has 5 aromatic rings. The number of aromatic nitrogens is 4. The van der Waals surface area contributed by atoms with Gasteiger partial charge in [0.2, 0.25) is 0 Å². The van der Waals surface area contributed by atoms with Gasteiger partial charge in [0.05, 0.1) is 28.8 Å². The molecule has 1 N–H and O–H groups in total. The van der Waals surface area contributed by atoms with Gasteiger partial charge in [-0.1, -0.05) is 53.7 Å². The normalized spacial score (nSPS) is 11.6. The summed E-state index contributed by atoms with van der Waals surface area (Å²) in [7, 11) is 1.68. The number of aromatic amines is 1. The number of thioether (sulfide) groups is 1. The van der Waals surface area contributed by atoms with Crippen LogP contribution >= 0.6 is 34.7 Å². The first kappa shape index (κ1) is 21.2. The lowest BCUT2D eigenvalue weighted by atomic mass is 10.1. The SMILES string of the molecule is COCCn1c(SCc2nc3scc(-c4ccccc4)c3c(=O)[nH]2)nc2cc(Cl)ccc21. The Hall–Kier alpha value is -2.65. The van der Waals surface area contributed by atoms with E-state index in [1.165, 1.54) is 23.1 Å². The Balaban J connectivity index is 1.46. The number of fused-ring (bicyclic) bond motifs is 2. The number of hydrogen-bond donors (Lipinski definition) is 1. The molecular formula is C23H19ClN4O2S2. The minimum absolute atomic E-state index is 0.120. The topological polar surface area (TPSA) is 72.8 Å². The van der Waals surface area contributed by atoms with E-state index in [0.717, 1.165) is 32.1 Å². The average molecular weight is 483 g/mol. The van der Waals surface area contributed by atoms with Gasteiger partial charge >= 0.3 is 0 Å². The first-order valence-corrected chi connectivity index (χ1v) is 12.2. The zero-order chi connectivity index (χ0) is 22.1. The lowest BCUT2D eigenvalue weighted by Crippen LogP contribution is -2.11. The van der Waals surface area contributed by atoms with Crippen molar-refractivity contribution in [3.8, 4) is 11.1 Å². The number of rotatable bonds is 7. The van der Waals surface area contributed by atoms with E-state index in [-0.39, 0.29) is 5.56 Å². The maximum absolute atomic E-state index is 12.9. The van der Waals surface area contributed by atoms with Gasteiger partial charge in [-0.15, -0.1) is 11.3 Å². The lowest BCUT2D eigenvalue weighted by Gasteiger charge is -2.08. The molecule has 0 amide bonds. The van der Waals surface area contributed by atoms with Crippen molar-refractivity contribution in [3.05, 3.63) is 75.1 Å². The van der Waals surface area contributed by atoms with Crippen LogP contribution in [0.4, 0.5) is 0 Å². The minimum atomic E-state index is -0.120. The van der Waals surface area contributed by atoms with Crippen LogP contribution in [-0.4, -0.2) is 33.2 Å². The molecule has 0 radical (unpaired) electrons. The lowest BCUT2D eigenvalue weighted by molar-refractivity contribution is 0.186. The van der Waals surface area contributed by atoms with E-state index in [4.69, 9.17) is 26.3 Å². The van der Waals surface area contributed by atoms with Gasteiger partial charge in [-0.2, -0.15) is 0 Å². The van der Waals surface area contributed by atoms with Crippen LogP contribution in [0.1, 0.15) is 5.82 Å². The van der Waals surface area contributed by atoms with Crippen LogP contribution in [0.2, 0.25) is 5.02 Å². The molecule has 0 fully saturated rings. The molecule has 9 heteroatoms.